The number of carboxylic acid groups (broad SMARTS) is 1. The first-order chi connectivity index (χ1) is 9.00. The van der Waals surface area contributed by atoms with E-state index in [-0.39, 0.29) is 31.1 Å². The van der Waals surface area contributed by atoms with Gasteiger partial charge in [0.15, 0.2) is 5.76 Å². The Kier molecular flexibility index (Phi) is 3.52. The molecule has 0 radical (unpaired) electrons. The number of ether oxygens (including phenoxy) is 1. The number of hydrogen-bond acceptors (Lipinski definition) is 5. The Bertz CT molecular complexity index is 523. The summed E-state index contributed by atoms with van der Waals surface area (Å²) in [6.07, 6.45) is 0.968. The molecule has 0 aliphatic carbocycles. The molecular formula is C11H12N2O6. The van der Waals surface area contributed by atoms with Gasteiger partial charge in [-0.1, -0.05) is 0 Å². The van der Waals surface area contributed by atoms with Crippen molar-refractivity contribution in [2.24, 2.45) is 5.73 Å². The first-order valence-corrected chi connectivity index (χ1v) is 5.50. The second-order valence-electron chi connectivity index (χ2n) is 4.00. The largest absolute Gasteiger partial charge is 0.478 e. The van der Waals surface area contributed by atoms with Crippen LogP contribution in [0.2, 0.25) is 0 Å². The monoisotopic (exact) mass is 268 g/mol. The molecule has 8 nitrogen and oxygen atoms in total. The minimum atomic E-state index is -1.20. The molecule has 0 spiro atoms. The van der Waals surface area contributed by atoms with E-state index < -0.39 is 23.8 Å². The van der Waals surface area contributed by atoms with E-state index in [0.29, 0.717) is 0 Å². The van der Waals surface area contributed by atoms with Gasteiger partial charge in [-0.25, -0.2) is 4.79 Å². The Morgan fingerprint density at radius 1 is 1.42 bits per heavy atom. The van der Waals surface area contributed by atoms with Crippen molar-refractivity contribution in [2.45, 2.75) is 6.04 Å². The number of carbonyl (C=O) groups excluding carboxylic acids is 2. The number of primary amides is 1. The van der Waals surface area contributed by atoms with E-state index in [1.54, 1.807) is 0 Å². The normalized spacial score (nSPS) is 19.2. The quantitative estimate of drug-likeness (QED) is 0.747. The third-order valence-electron chi connectivity index (χ3n) is 2.77. The van der Waals surface area contributed by atoms with Gasteiger partial charge in [0.25, 0.3) is 5.91 Å². The summed E-state index contributed by atoms with van der Waals surface area (Å²) in [6.45, 7) is 0.491. The molecule has 2 heterocycles. The Hall–Kier alpha value is -2.35. The number of nitrogens with two attached hydrogens (primary N) is 1. The summed E-state index contributed by atoms with van der Waals surface area (Å²) in [5, 5.41) is 8.75. The smallest absolute Gasteiger partial charge is 0.338 e. The predicted octanol–water partition coefficient (Wildman–Crippen LogP) is -0.696. The van der Waals surface area contributed by atoms with Crippen LogP contribution in [0, 0.1) is 0 Å². The van der Waals surface area contributed by atoms with Gasteiger partial charge in [-0.05, 0) is 0 Å². The van der Waals surface area contributed by atoms with Crippen molar-refractivity contribution in [2.75, 3.05) is 19.8 Å². The van der Waals surface area contributed by atoms with Crippen LogP contribution in [-0.4, -0.2) is 53.6 Å². The van der Waals surface area contributed by atoms with E-state index >= 15 is 0 Å². The number of carboxylic acids is 1. The molecule has 1 atom stereocenters. The zero-order valence-electron chi connectivity index (χ0n) is 9.87. The topological polar surface area (TPSA) is 123 Å². The standard InChI is InChI=1S/C11H12N2O6/c12-9(14)7-5-18-2-1-13(7)10(15)8-3-6(4-19-8)11(16)17/h3-4,7H,1-2,5H2,(H2,12,14)(H,16,17). The summed E-state index contributed by atoms with van der Waals surface area (Å²) >= 11 is 0. The molecule has 1 saturated heterocycles. The third-order valence-corrected chi connectivity index (χ3v) is 2.77. The molecule has 102 valence electrons. The lowest BCUT2D eigenvalue weighted by Gasteiger charge is -2.32. The molecule has 0 aromatic carbocycles. The van der Waals surface area contributed by atoms with Gasteiger partial charge in [-0.2, -0.15) is 0 Å². The second-order valence-corrected chi connectivity index (χ2v) is 4.00. The van der Waals surface area contributed by atoms with Crippen LogP contribution in [0.5, 0.6) is 0 Å². The summed E-state index contributed by atoms with van der Waals surface area (Å²) in [7, 11) is 0. The van der Waals surface area contributed by atoms with Crippen LogP contribution in [0.4, 0.5) is 0 Å². The molecule has 1 unspecified atom stereocenters. The van der Waals surface area contributed by atoms with Gasteiger partial charge in [0.1, 0.15) is 12.3 Å². The van der Waals surface area contributed by atoms with E-state index in [2.05, 4.69) is 0 Å². The maximum atomic E-state index is 12.1. The SMILES string of the molecule is NC(=O)C1COCCN1C(=O)c1cc(C(=O)O)co1. The van der Waals surface area contributed by atoms with Crippen LogP contribution in [-0.2, 0) is 9.53 Å². The van der Waals surface area contributed by atoms with Crippen LogP contribution in [0.15, 0.2) is 16.7 Å². The van der Waals surface area contributed by atoms with E-state index in [4.69, 9.17) is 20.0 Å². The molecule has 19 heavy (non-hydrogen) atoms. The number of furan rings is 1. The number of aromatic carboxylic acids is 1. The predicted molar refractivity (Wildman–Crippen MR) is 60.5 cm³/mol. The highest BCUT2D eigenvalue weighted by molar-refractivity contribution is 5.97. The summed E-state index contributed by atoms with van der Waals surface area (Å²) in [5.74, 6) is -2.61. The molecule has 1 aromatic rings. The van der Waals surface area contributed by atoms with Crippen molar-refractivity contribution in [1.82, 2.24) is 4.90 Å². The second kappa shape index (κ2) is 5.11. The van der Waals surface area contributed by atoms with Crippen LogP contribution in [0.1, 0.15) is 20.9 Å². The fourth-order valence-electron chi connectivity index (χ4n) is 1.78. The van der Waals surface area contributed by atoms with E-state index in [9.17, 15) is 14.4 Å². The highest BCUT2D eigenvalue weighted by Gasteiger charge is 2.33. The van der Waals surface area contributed by atoms with Gasteiger partial charge in [0.2, 0.25) is 5.91 Å². The molecule has 1 aliphatic heterocycles. The molecule has 1 aromatic heterocycles. The summed E-state index contributed by atoms with van der Waals surface area (Å²) in [5.41, 5.74) is 5.06. The van der Waals surface area contributed by atoms with Gasteiger partial charge in [-0.3, -0.25) is 9.59 Å². The Balaban J connectivity index is 2.21. The number of hydrogen-bond donors (Lipinski definition) is 2. The van der Waals surface area contributed by atoms with Crippen molar-refractivity contribution < 1.29 is 28.6 Å². The lowest BCUT2D eigenvalue weighted by molar-refractivity contribution is -0.127. The third kappa shape index (κ3) is 2.58. The van der Waals surface area contributed by atoms with Gasteiger partial charge in [0.05, 0.1) is 18.8 Å². The van der Waals surface area contributed by atoms with Crippen molar-refractivity contribution >= 4 is 17.8 Å². The van der Waals surface area contributed by atoms with E-state index in [0.717, 1.165) is 12.3 Å². The van der Waals surface area contributed by atoms with Crippen molar-refractivity contribution in [3.8, 4) is 0 Å². The molecule has 0 saturated carbocycles. The van der Waals surface area contributed by atoms with Crippen LogP contribution in [0.3, 0.4) is 0 Å². The van der Waals surface area contributed by atoms with Crippen molar-refractivity contribution in [3.63, 3.8) is 0 Å². The Morgan fingerprint density at radius 2 is 2.16 bits per heavy atom. The zero-order chi connectivity index (χ0) is 14.0. The summed E-state index contributed by atoms with van der Waals surface area (Å²) in [6, 6.07) is 0.234. The average Bonchev–Trinajstić information content (AvgIpc) is 2.87. The van der Waals surface area contributed by atoms with E-state index in [1.165, 1.54) is 4.90 Å². The molecule has 0 bridgehead atoms. The molecular weight excluding hydrogens is 256 g/mol. The van der Waals surface area contributed by atoms with Gasteiger partial charge >= 0.3 is 5.97 Å². The van der Waals surface area contributed by atoms with Crippen LogP contribution >= 0.6 is 0 Å². The van der Waals surface area contributed by atoms with Crippen LogP contribution in [0.25, 0.3) is 0 Å². The zero-order valence-corrected chi connectivity index (χ0v) is 9.87. The minimum Gasteiger partial charge on any atom is -0.478 e. The van der Waals surface area contributed by atoms with E-state index in [1.807, 2.05) is 0 Å². The van der Waals surface area contributed by atoms with Crippen LogP contribution < -0.4 is 5.73 Å². The lowest BCUT2D eigenvalue weighted by atomic mass is 10.2. The molecule has 1 fully saturated rings. The van der Waals surface area contributed by atoms with Crippen molar-refractivity contribution in [3.05, 3.63) is 23.7 Å². The fourth-order valence-corrected chi connectivity index (χ4v) is 1.78. The summed E-state index contributed by atoms with van der Waals surface area (Å²) in [4.78, 5) is 35.3. The average molecular weight is 268 g/mol. The van der Waals surface area contributed by atoms with Crippen molar-refractivity contribution in [1.29, 1.82) is 0 Å². The van der Waals surface area contributed by atoms with Gasteiger partial charge < -0.3 is 24.9 Å². The molecule has 2 amide bonds. The Morgan fingerprint density at radius 3 is 2.74 bits per heavy atom. The summed E-state index contributed by atoms with van der Waals surface area (Å²) < 4.78 is 9.99. The highest BCUT2D eigenvalue weighted by atomic mass is 16.5. The van der Waals surface area contributed by atoms with Gasteiger partial charge in [0, 0.05) is 12.6 Å². The Labute approximate surface area is 107 Å². The minimum absolute atomic E-state index is 0.0214. The lowest BCUT2D eigenvalue weighted by Crippen LogP contribution is -2.54. The first kappa shape index (κ1) is 13.1. The maximum Gasteiger partial charge on any atom is 0.338 e. The number of nitrogens with zero attached hydrogens (tertiary/aromatic N) is 1. The fraction of sp³-hybridized carbons (Fsp3) is 0.364. The number of amides is 2. The highest BCUT2D eigenvalue weighted by Crippen LogP contribution is 2.15. The number of morpholine rings is 1. The molecule has 1 aliphatic rings. The molecule has 2 rings (SSSR count). The van der Waals surface area contributed by atoms with Gasteiger partial charge in [-0.15, -0.1) is 0 Å². The molecule has 8 heteroatoms. The number of rotatable bonds is 3. The first-order valence-electron chi connectivity index (χ1n) is 5.50. The number of carbonyl (C=O) groups is 3. The molecule has 3 N–H and O–H groups in total. The maximum absolute atomic E-state index is 12.1.